The van der Waals surface area contributed by atoms with Crippen molar-refractivity contribution < 1.29 is 14.3 Å². The van der Waals surface area contributed by atoms with Crippen LogP contribution in [0.15, 0.2) is 41.2 Å². The summed E-state index contributed by atoms with van der Waals surface area (Å²) in [5.74, 6) is 0.769. The molecule has 0 atom stereocenters. The van der Waals surface area contributed by atoms with Crippen molar-refractivity contribution in [3.63, 3.8) is 0 Å². The van der Waals surface area contributed by atoms with Crippen LogP contribution in [0.5, 0.6) is 11.5 Å². The Morgan fingerprint density at radius 2 is 1.69 bits per heavy atom. The summed E-state index contributed by atoms with van der Waals surface area (Å²) in [4.78, 5) is 25.7. The van der Waals surface area contributed by atoms with E-state index in [2.05, 4.69) is 5.32 Å². The molecule has 0 unspecified atom stereocenters. The minimum atomic E-state index is -0.322. The van der Waals surface area contributed by atoms with Crippen LogP contribution in [-0.2, 0) is 6.54 Å². The SMILES string of the molecule is COc1ccc(NC(=O)c2sc(=O)n(Cc3c(C)cccc3C)c2C)cc1OC. The van der Waals surface area contributed by atoms with Crippen molar-refractivity contribution in [2.24, 2.45) is 0 Å². The van der Waals surface area contributed by atoms with Crippen LogP contribution in [0.4, 0.5) is 5.69 Å². The highest BCUT2D eigenvalue weighted by Crippen LogP contribution is 2.30. The molecule has 0 saturated carbocycles. The molecule has 3 aromatic rings. The van der Waals surface area contributed by atoms with Gasteiger partial charge in [-0.1, -0.05) is 29.5 Å². The molecule has 0 bridgehead atoms. The normalized spacial score (nSPS) is 10.7. The number of hydrogen-bond donors (Lipinski definition) is 1. The number of amides is 1. The number of rotatable bonds is 6. The first-order valence-electron chi connectivity index (χ1n) is 9.14. The number of ether oxygens (including phenoxy) is 2. The van der Waals surface area contributed by atoms with Crippen molar-refractivity contribution in [3.8, 4) is 11.5 Å². The zero-order valence-corrected chi connectivity index (χ0v) is 18.0. The van der Waals surface area contributed by atoms with E-state index < -0.39 is 0 Å². The summed E-state index contributed by atoms with van der Waals surface area (Å²) >= 11 is 0.956. The van der Waals surface area contributed by atoms with Gasteiger partial charge in [0.15, 0.2) is 11.5 Å². The van der Waals surface area contributed by atoms with Crippen molar-refractivity contribution in [3.05, 3.63) is 73.3 Å². The van der Waals surface area contributed by atoms with Gasteiger partial charge in [-0.2, -0.15) is 0 Å². The Hall–Kier alpha value is -3.06. The van der Waals surface area contributed by atoms with Crippen LogP contribution in [0.1, 0.15) is 32.1 Å². The van der Waals surface area contributed by atoms with Gasteiger partial charge in [-0.15, -0.1) is 0 Å². The molecule has 29 heavy (non-hydrogen) atoms. The van der Waals surface area contributed by atoms with E-state index in [1.54, 1.807) is 36.8 Å². The molecule has 0 spiro atoms. The molecule has 2 aromatic carbocycles. The third kappa shape index (κ3) is 4.19. The molecule has 7 heteroatoms. The molecule has 0 aliphatic heterocycles. The Morgan fingerprint density at radius 3 is 2.31 bits per heavy atom. The fraction of sp³-hybridized carbons (Fsp3) is 0.273. The molecule has 0 aliphatic rings. The molecule has 1 N–H and O–H groups in total. The van der Waals surface area contributed by atoms with Crippen LogP contribution in [0.25, 0.3) is 0 Å². The average molecular weight is 413 g/mol. The summed E-state index contributed by atoms with van der Waals surface area (Å²) in [5, 5.41) is 2.84. The van der Waals surface area contributed by atoms with Crippen molar-refractivity contribution in [2.75, 3.05) is 19.5 Å². The summed E-state index contributed by atoms with van der Waals surface area (Å²) in [7, 11) is 3.09. The number of aromatic nitrogens is 1. The molecule has 1 amide bonds. The van der Waals surface area contributed by atoms with Gasteiger partial charge in [-0.3, -0.25) is 14.2 Å². The van der Waals surface area contributed by atoms with Crippen LogP contribution in [0.2, 0.25) is 0 Å². The van der Waals surface area contributed by atoms with E-state index >= 15 is 0 Å². The Balaban J connectivity index is 1.88. The number of nitrogens with one attached hydrogen (secondary N) is 1. The monoisotopic (exact) mass is 412 g/mol. The largest absolute Gasteiger partial charge is 0.493 e. The van der Waals surface area contributed by atoms with Gasteiger partial charge < -0.3 is 14.8 Å². The highest BCUT2D eigenvalue weighted by molar-refractivity contribution is 7.11. The molecule has 0 aliphatic carbocycles. The lowest BCUT2D eigenvalue weighted by Gasteiger charge is -2.12. The first-order valence-corrected chi connectivity index (χ1v) is 9.96. The van der Waals surface area contributed by atoms with E-state index in [1.165, 1.54) is 7.11 Å². The van der Waals surface area contributed by atoms with Gasteiger partial charge in [-0.25, -0.2) is 0 Å². The molecular formula is C22H24N2O4S. The Labute approximate surface area is 173 Å². The van der Waals surface area contributed by atoms with Crippen LogP contribution in [-0.4, -0.2) is 24.7 Å². The fourth-order valence-corrected chi connectivity index (χ4v) is 4.12. The minimum Gasteiger partial charge on any atom is -0.493 e. The zero-order chi connectivity index (χ0) is 21.1. The van der Waals surface area contributed by atoms with Crippen LogP contribution in [0.3, 0.4) is 0 Å². The van der Waals surface area contributed by atoms with E-state index in [9.17, 15) is 9.59 Å². The Morgan fingerprint density at radius 1 is 1.03 bits per heavy atom. The van der Waals surface area contributed by atoms with Crippen LogP contribution >= 0.6 is 11.3 Å². The molecule has 1 aromatic heterocycles. The number of anilines is 1. The lowest BCUT2D eigenvalue weighted by atomic mass is 10.0. The molecule has 0 radical (unpaired) electrons. The van der Waals surface area contributed by atoms with Gasteiger partial charge in [0.05, 0.1) is 20.8 Å². The third-order valence-electron chi connectivity index (χ3n) is 4.95. The molecule has 6 nitrogen and oxygen atoms in total. The maximum atomic E-state index is 12.8. The van der Waals surface area contributed by atoms with E-state index in [0.717, 1.165) is 28.0 Å². The predicted octanol–water partition coefficient (Wildman–Crippen LogP) is 4.15. The number of methoxy groups -OCH3 is 2. The Kier molecular flexibility index (Phi) is 6.08. The number of aryl methyl sites for hydroxylation is 2. The van der Waals surface area contributed by atoms with E-state index in [4.69, 9.17) is 9.47 Å². The van der Waals surface area contributed by atoms with Crippen molar-refractivity contribution >= 4 is 22.9 Å². The summed E-state index contributed by atoms with van der Waals surface area (Å²) in [6.45, 7) is 6.30. The fourth-order valence-electron chi connectivity index (χ4n) is 3.23. The topological polar surface area (TPSA) is 69.6 Å². The minimum absolute atomic E-state index is 0.150. The summed E-state index contributed by atoms with van der Waals surface area (Å²) in [6, 6.07) is 11.2. The second-order valence-corrected chi connectivity index (χ2v) is 7.72. The summed E-state index contributed by atoms with van der Waals surface area (Å²) in [5.41, 5.74) is 4.56. The van der Waals surface area contributed by atoms with Gasteiger partial charge in [0.2, 0.25) is 0 Å². The summed E-state index contributed by atoms with van der Waals surface area (Å²) < 4.78 is 12.1. The number of thiazole rings is 1. The third-order valence-corrected chi connectivity index (χ3v) is 6.03. The maximum Gasteiger partial charge on any atom is 0.308 e. The maximum absolute atomic E-state index is 12.8. The molecule has 1 heterocycles. The highest BCUT2D eigenvalue weighted by Gasteiger charge is 2.19. The molecule has 0 saturated heterocycles. The number of carbonyl (C=O) groups excluding carboxylic acids is 1. The standard InChI is InChI=1S/C22H24N2O4S/c1-13-7-6-8-14(2)17(13)12-24-15(3)20(29-22(24)26)21(25)23-16-9-10-18(27-4)19(11-16)28-5/h6-11H,12H2,1-5H3,(H,23,25). The predicted molar refractivity (Wildman–Crippen MR) is 116 cm³/mol. The van der Waals surface area contributed by atoms with Gasteiger partial charge in [0.25, 0.3) is 5.91 Å². The Bertz CT molecular complexity index is 1090. The molecule has 0 fully saturated rings. The zero-order valence-electron chi connectivity index (χ0n) is 17.2. The average Bonchev–Trinajstić information content (AvgIpc) is 2.98. The molecular weight excluding hydrogens is 388 g/mol. The first kappa shape index (κ1) is 20.7. The second-order valence-electron chi connectivity index (χ2n) is 6.76. The highest BCUT2D eigenvalue weighted by atomic mass is 32.1. The van der Waals surface area contributed by atoms with E-state index in [-0.39, 0.29) is 10.8 Å². The van der Waals surface area contributed by atoms with Gasteiger partial charge in [-0.05, 0) is 49.6 Å². The lowest BCUT2D eigenvalue weighted by Crippen LogP contribution is -2.17. The number of hydrogen-bond acceptors (Lipinski definition) is 5. The smallest absolute Gasteiger partial charge is 0.308 e. The van der Waals surface area contributed by atoms with Gasteiger partial charge in [0.1, 0.15) is 4.88 Å². The molecule has 3 rings (SSSR count). The first-order chi connectivity index (χ1) is 13.8. The van der Waals surface area contributed by atoms with Gasteiger partial charge >= 0.3 is 4.87 Å². The van der Waals surface area contributed by atoms with Crippen molar-refractivity contribution in [1.82, 2.24) is 4.57 Å². The number of benzene rings is 2. The molecule has 152 valence electrons. The number of nitrogens with zero attached hydrogens (tertiary/aromatic N) is 1. The van der Waals surface area contributed by atoms with Crippen molar-refractivity contribution in [2.45, 2.75) is 27.3 Å². The van der Waals surface area contributed by atoms with E-state index in [1.807, 2.05) is 32.0 Å². The van der Waals surface area contributed by atoms with Gasteiger partial charge in [0, 0.05) is 17.4 Å². The van der Waals surface area contributed by atoms with Crippen LogP contribution < -0.4 is 19.7 Å². The lowest BCUT2D eigenvalue weighted by molar-refractivity contribution is 0.102. The van der Waals surface area contributed by atoms with Crippen LogP contribution in [0, 0.1) is 20.8 Å². The second kappa shape index (κ2) is 8.53. The number of carbonyl (C=O) groups is 1. The summed E-state index contributed by atoms with van der Waals surface area (Å²) in [6.07, 6.45) is 0. The van der Waals surface area contributed by atoms with Crippen molar-refractivity contribution in [1.29, 1.82) is 0 Å². The quantitative estimate of drug-likeness (QED) is 0.660. The van der Waals surface area contributed by atoms with E-state index in [0.29, 0.717) is 34.3 Å².